The monoisotopic (exact) mass is 493 g/mol. The lowest BCUT2D eigenvalue weighted by molar-refractivity contribution is -0.151. The topological polar surface area (TPSA) is 124 Å². The van der Waals surface area contributed by atoms with Crippen LogP contribution in [0.3, 0.4) is 0 Å². The number of nitrogens with zero attached hydrogens (tertiary/aromatic N) is 2. The lowest BCUT2D eigenvalue weighted by Gasteiger charge is -2.36. The molecule has 0 aromatic heterocycles. The minimum absolute atomic E-state index is 0.0944. The highest BCUT2D eigenvalue weighted by atomic mass is 32.2. The van der Waals surface area contributed by atoms with E-state index in [4.69, 9.17) is 0 Å². The number of likely N-dealkylation sites (tertiary alicyclic amines) is 2. The Morgan fingerprint density at radius 3 is 2.24 bits per heavy atom. The molecule has 3 rings (SSSR count). The molecule has 0 unspecified atom stereocenters. The average Bonchev–Trinajstić information content (AvgIpc) is 3.28. The van der Waals surface area contributed by atoms with Gasteiger partial charge in [0.25, 0.3) is 0 Å². The number of piperidine rings is 1. The van der Waals surface area contributed by atoms with E-state index in [9.17, 15) is 27.9 Å². The number of aryl methyl sites for hydroxylation is 1. The van der Waals surface area contributed by atoms with Gasteiger partial charge in [-0.15, -0.1) is 0 Å². The Labute approximate surface area is 201 Å². The van der Waals surface area contributed by atoms with E-state index in [1.807, 2.05) is 20.8 Å². The summed E-state index contributed by atoms with van der Waals surface area (Å²) >= 11 is 0. The molecule has 2 aliphatic rings. The second-order valence-electron chi connectivity index (χ2n) is 9.74. The molecule has 1 aromatic carbocycles. The van der Waals surface area contributed by atoms with E-state index in [2.05, 4.69) is 4.72 Å². The van der Waals surface area contributed by atoms with E-state index in [0.717, 1.165) is 5.56 Å². The normalized spacial score (nSPS) is 20.5. The van der Waals surface area contributed by atoms with Gasteiger partial charge in [0.2, 0.25) is 21.8 Å². The van der Waals surface area contributed by atoms with Crippen LogP contribution in [0.15, 0.2) is 29.2 Å². The highest BCUT2D eigenvalue weighted by Crippen LogP contribution is 2.26. The van der Waals surface area contributed by atoms with Crippen molar-refractivity contribution in [2.75, 3.05) is 19.6 Å². The zero-order valence-electron chi connectivity index (χ0n) is 20.1. The van der Waals surface area contributed by atoms with Crippen molar-refractivity contribution < 1.29 is 27.9 Å². The van der Waals surface area contributed by atoms with Gasteiger partial charge in [0.1, 0.15) is 12.1 Å². The first kappa shape index (κ1) is 26.2. The number of carboxylic acid groups (broad SMARTS) is 1. The van der Waals surface area contributed by atoms with Gasteiger partial charge in [-0.05, 0) is 57.1 Å². The van der Waals surface area contributed by atoms with Crippen LogP contribution in [-0.2, 0) is 24.4 Å². The van der Waals surface area contributed by atoms with Crippen LogP contribution in [0.4, 0.5) is 0 Å². The largest absolute Gasteiger partial charge is 0.480 e. The van der Waals surface area contributed by atoms with Gasteiger partial charge < -0.3 is 14.9 Å². The SMILES string of the molecule is Cc1ccc(S(=O)(=O)N[C@@H](CC(C)C)C(=O)N2CCC(C(=O)N3CCC[C@H]3C(=O)O)CC2)cc1. The third-order valence-electron chi connectivity index (χ3n) is 6.61. The Morgan fingerprint density at radius 1 is 1.06 bits per heavy atom. The highest BCUT2D eigenvalue weighted by Gasteiger charge is 2.39. The van der Waals surface area contributed by atoms with Crippen molar-refractivity contribution in [3.8, 4) is 0 Å². The van der Waals surface area contributed by atoms with E-state index >= 15 is 0 Å². The molecule has 0 aliphatic carbocycles. The number of carboxylic acids is 1. The molecule has 34 heavy (non-hydrogen) atoms. The second-order valence-corrected chi connectivity index (χ2v) is 11.5. The molecule has 2 atom stereocenters. The molecule has 0 saturated carbocycles. The van der Waals surface area contributed by atoms with Crippen LogP contribution < -0.4 is 4.72 Å². The van der Waals surface area contributed by atoms with E-state index in [0.29, 0.717) is 51.7 Å². The Morgan fingerprint density at radius 2 is 1.68 bits per heavy atom. The fourth-order valence-corrected chi connectivity index (χ4v) is 5.93. The van der Waals surface area contributed by atoms with Crippen LogP contribution in [0, 0.1) is 18.8 Å². The number of benzene rings is 1. The summed E-state index contributed by atoms with van der Waals surface area (Å²) < 4.78 is 28.4. The zero-order valence-corrected chi connectivity index (χ0v) is 20.9. The maximum Gasteiger partial charge on any atom is 0.326 e. The summed E-state index contributed by atoms with van der Waals surface area (Å²) in [6.07, 6.45) is 2.38. The van der Waals surface area contributed by atoms with Gasteiger partial charge >= 0.3 is 5.97 Å². The van der Waals surface area contributed by atoms with Gasteiger partial charge in [-0.25, -0.2) is 13.2 Å². The molecule has 0 spiro atoms. The maximum atomic E-state index is 13.3. The van der Waals surface area contributed by atoms with Gasteiger partial charge in [0.05, 0.1) is 4.90 Å². The summed E-state index contributed by atoms with van der Waals surface area (Å²) in [6, 6.07) is 4.81. The molecule has 2 N–H and O–H groups in total. The third kappa shape index (κ3) is 6.15. The van der Waals surface area contributed by atoms with Gasteiger partial charge in [-0.1, -0.05) is 31.5 Å². The number of hydrogen-bond acceptors (Lipinski definition) is 5. The summed E-state index contributed by atoms with van der Waals surface area (Å²) in [6.45, 7) is 6.85. The van der Waals surface area contributed by atoms with E-state index in [-0.39, 0.29) is 28.5 Å². The van der Waals surface area contributed by atoms with Crippen molar-refractivity contribution >= 4 is 27.8 Å². The van der Waals surface area contributed by atoms with E-state index < -0.39 is 28.1 Å². The Balaban J connectivity index is 1.65. The number of hydrogen-bond donors (Lipinski definition) is 2. The number of amides is 2. The summed E-state index contributed by atoms with van der Waals surface area (Å²) in [5, 5.41) is 9.36. The molecule has 2 saturated heterocycles. The van der Waals surface area contributed by atoms with Crippen molar-refractivity contribution in [3.05, 3.63) is 29.8 Å². The van der Waals surface area contributed by atoms with Crippen LogP contribution in [0.25, 0.3) is 0 Å². The Kier molecular flexibility index (Phi) is 8.35. The number of nitrogens with one attached hydrogen (secondary N) is 1. The number of aliphatic carboxylic acids is 1. The molecule has 9 nitrogen and oxygen atoms in total. The van der Waals surface area contributed by atoms with Crippen LogP contribution in [-0.4, -0.2) is 72.8 Å². The number of sulfonamides is 1. The Hall–Kier alpha value is -2.46. The number of carbonyl (C=O) groups is 3. The highest BCUT2D eigenvalue weighted by molar-refractivity contribution is 7.89. The molecule has 2 aliphatic heterocycles. The van der Waals surface area contributed by atoms with Crippen LogP contribution in [0.2, 0.25) is 0 Å². The molecular formula is C24H35N3O6S. The van der Waals surface area contributed by atoms with Crippen molar-refractivity contribution in [3.63, 3.8) is 0 Å². The number of rotatable bonds is 8. The predicted molar refractivity (Wildman–Crippen MR) is 126 cm³/mol. The molecule has 2 heterocycles. The molecule has 0 bridgehead atoms. The Bertz CT molecular complexity index is 1000. The molecule has 188 valence electrons. The van der Waals surface area contributed by atoms with Gasteiger partial charge in [0.15, 0.2) is 0 Å². The average molecular weight is 494 g/mol. The van der Waals surface area contributed by atoms with Crippen molar-refractivity contribution in [2.45, 2.75) is 69.9 Å². The first-order valence-corrected chi connectivity index (χ1v) is 13.4. The van der Waals surface area contributed by atoms with Crippen LogP contribution in [0.1, 0.15) is 51.5 Å². The summed E-state index contributed by atoms with van der Waals surface area (Å²) in [7, 11) is -3.87. The van der Waals surface area contributed by atoms with Crippen LogP contribution in [0.5, 0.6) is 0 Å². The predicted octanol–water partition coefficient (Wildman–Crippen LogP) is 2.00. The lowest BCUT2D eigenvalue weighted by Crippen LogP contribution is -2.52. The smallest absolute Gasteiger partial charge is 0.326 e. The van der Waals surface area contributed by atoms with Crippen molar-refractivity contribution in [1.29, 1.82) is 0 Å². The minimum Gasteiger partial charge on any atom is -0.480 e. The standard InChI is InChI=1S/C24H35N3O6S/c1-16(2)15-20(25-34(32,33)19-8-6-17(3)7-9-19)23(29)26-13-10-18(11-14-26)22(28)27-12-4-5-21(27)24(30)31/h6-9,16,18,20-21,25H,4-5,10-15H2,1-3H3,(H,30,31)/t20-,21-/m0/s1. The molecule has 2 amide bonds. The molecule has 10 heteroatoms. The number of carbonyl (C=O) groups excluding carboxylic acids is 2. The summed E-state index contributed by atoms with van der Waals surface area (Å²) in [5.74, 6) is -1.65. The van der Waals surface area contributed by atoms with Gasteiger partial charge in [-0.2, -0.15) is 4.72 Å². The molecule has 1 aromatic rings. The third-order valence-corrected chi connectivity index (χ3v) is 8.10. The van der Waals surface area contributed by atoms with Crippen molar-refractivity contribution in [2.24, 2.45) is 11.8 Å². The molecule has 2 fully saturated rings. The quantitative estimate of drug-likeness (QED) is 0.571. The first-order valence-electron chi connectivity index (χ1n) is 11.9. The molecular weight excluding hydrogens is 458 g/mol. The lowest BCUT2D eigenvalue weighted by atomic mass is 9.94. The van der Waals surface area contributed by atoms with Crippen LogP contribution >= 0.6 is 0 Å². The van der Waals surface area contributed by atoms with Crippen molar-refractivity contribution in [1.82, 2.24) is 14.5 Å². The first-order chi connectivity index (χ1) is 16.0. The fourth-order valence-electron chi connectivity index (χ4n) is 4.73. The zero-order chi connectivity index (χ0) is 25.0. The maximum absolute atomic E-state index is 13.3. The van der Waals surface area contributed by atoms with E-state index in [1.54, 1.807) is 17.0 Å². The summed E-state index contributed by atoms with van der Waals surface area (Å²) in [4.78, 5) is 40.8. The summed E-state index contributed by atoms with van der Waals surface area (Å²) in [5.41, 5.74) is 0.940. The second kappa shape index (κ2) is 10.9. The van der Waals surface area contributed by atoms with Gasteiger partial charge in [0, 0.05) is 25.6 Å². The van der Waals surface area contributed by atoms with E-state index in [1.165, 1.54) is 17.0 Å². The minimum atomic E-state index is -3.87. The fraction of sp³-hybridized carbons (Fsp3) is 0.625. The molecule has 0 radical (unpaired) electrons. The van der Waals surface area contributed by atoms with Gasteiger partial charge in [-0.3, -0.25) is 9.59 Å².